The van der Waals surface area contributed by atoms with Crippen molar-refractivity contribution in [3.63, 3.8) is 0 Å². The van der Waals surface area contributed by atoms with Crippen molar-refractivity contribution in [1.82, 2.24) is 9.88 Å². The lowest BCUT2D eigenvalue weighted by molar-refractivity contribution is 0.387. The second kappa shape index (κ2) is 4.25. The number of fused-ring (bicyclic) bond motifs is 1. The first-order valence-corrected chi connectivity index (χ1v) is 7.34. The summed E-state index contributed by atoms with van der Waals surface area (Å²) in [4.78, 5) is 11.0. The second-order valence-electron chi connectivity index (χ2n) is 5.85. The van der Waals surface area contributed by atoms with Gasteiger partial charge in [-0.25, -0.2) is 4.98 Å². The largest absolute Gasteiger partial charge is 0.347 e. The van der Waals surface area contributed by atoms with Crippen LogP contribution in [0.25, 0.3) is 0 Å². The van der Waals surface area contributed by atoms with Crippen molar-refractivity contribution in [2.24, 2.45) is 11.8 Å². The minimum absolute atomic E-state index is 0.606. The Morgan fingerprint density at radius 2 is 1.88 bits per heavy atom. The lowest BCUT2D eigenvalue weighted by Crippen LogP contribution is -2.26. The van der Waals surface area contributed by atoms with Gasteiger partial charge in [0.05, 0.1) is 0 Å². The Hall–Kier alpha value is -0.610. The van der Waals surface area contributed by atoms with Crippen LogP contribution in [0.5, 0.6) is 0 Å². The van der Waals surface area contributed by atoms with Gasteiger partial charge in [0.1, 0.15) is 0 Å². The monoisotopic (exact) mass is 251 g/mol. The van der Waals surface area contributed by atoms with E-state index in [9.17, 15) is 0 Å². The molecule has 0 amide bonds. The third-order valence-electron chi connectivity index (χ3n) is 4.02. The molecule has 0 radical (unpaired) electrons. The Labute approximate surface area is 107 Å². The van der Waals surface area contributed by atoms with E-state index in [-0.39, 0.29) is 0 Å². The Bertz CT molecular complexity index is 387. The van der Waals surface area contributed by atoms with Gasteiger partial charge in [0.2, 0.25) is 0 Å². The maximum Gasteiger partial charge on any atom is 0.185 e. The van der Waals surface area contributed by atoms with Crippen LogP contribution in [-0.2, 0) is 0 Å². The van der Waals surface area contributed by atoms with Gasteiger partial charge in [0.25, 0.3) is 0 Å². The van der Waals surface area contributed by atoms with Crippen LogP contribution in [0.4, 0.5) is 5.13 Å². The Kier molecular flexibility index (Phi) is 2.87. The van der Waals surface area contributed by atoms with Crippen molar-refractivity contribution in [3.8, 4) is 0 Å². The van der Waals surface area contributed by atoms with Gasteiger partial charge in [-0.15, -0.1) is 11.3 Å². The third kappa shape index (κ3) is 2.08. The van der Waals surface area contributed by atoms with Crippen LogP contribution in [0.2, 0.25) is 0 Å². The van der Waals surface area contributed by atoms with Crippen LogP contribution in [-0.4, -0.2) is 43.1 Å². The van der Waals surface area contributed by atoms with Gasteiger partial charge in [-0.1, -0.05) is 13.8 Å². The summed E-state index contributed by atoms with van der Waals surface area (Å²) < 4.78 is 0. The van der Waals surface area contributed by atoms with E-state index in [0.717, 1.165) is 11.8 Å². The van der Waals surface area contributed by atoms with E-state index in [1.165, 1.54) is 36.2 Å². The highest BCUT2D eigenvalue weighted by Gasteiger charge is 2.39. The van der Waals surface area contributed by atoms with Crippen molar-refractivity contribution < 1.29 is 0 Å². The Morgan fingerprint density at radius 1 is 1.24 bits per heavy atom. The lowest BCUT2D eigenvalue weighted by atomic mass is 10.0. The van der Waals surface area contributed by atoms with Gasteiger partial charge in [-0.05, 0) is 24.8 Å². The van der Waals surface area contributed by atoms with Crippen LogP contribution in [0.3, 0.4) is 0 Å². The molecule has 0 aromatic carbocycles. The molecule has 0 unspecified atom stereocenters. The number of aromatic nitrogens is 1. The van der Waals surface area contributed by atoms with E-state index in [4.69, 9.17) is 0 Å². The van der Waals surface area contributed by atoms with Crippen LogP contribution < -0.4 is 4.90 Å². The zero-order valence-corrected chi connectivity index (χ0v) is 11.7. The molecule has 3 heterocycles. The van der Waals surface area contributed by atoms with Crippen LogP contribution in [0.1, 0.15) is 24.6 Å². The number of rotatable bonds is 2. The van der Waals surface area contributed by atoms with Crippen molar-refractivity contribution in [1.29, 1.82) is 0 Å². The fourth-order valence-electron chi connectivity index (χ4n) is 3.07. The topological polar surface area (TPSA) is 19.4 Å². The second-order valence-corrected chi connectivity index (χ2v) is 6.89. The Morgan fingerprint density at radius 3 is 2.41 bits per heavy atom. The van der Waals surface area contributed by atoms with Crippen LogP contribution >= 0.6 is 11.3 Å². The summed E-state index contributed by atoms with van der Waals surface area (Å²) >= 11 is 1.88. The first kappa shape index (κ1) is 11.5. The number of anilines is 1. The minimum atomic E-state index is 0.606. The van der Waals surface area contributed by atoms with Crippen molar-refractivity contribution >= 4 is 16.5 Å². The van der Waals surface area contributed by atoms with Crippen LogP contribution in [0.15, 0.2) is 6.20 Å². The SMILES string of the molecule is CC(C)c1cnc(N2C[C@H]3CN(C)C[C@H]3C2)s1. The van der Waals surface area contributed by atoms with Gasteiger partial charge in [0.15, 0.2) is 5.13 Å². The molecule has 2 aliphatic rings. The summed E-state index contributed by atoms with van der Waals surface area (Å²) in [5, 5.41) is 1.24. The molecular weight excluding hydrogens is 230 g/mol. The molecule has 2 saturated heterocycles. The fourth-order valence-corrected chi connectivity index (χ4v) is 4.01. The summed E-state index contributed by atoms with van der Waals surface area (Å²) in [6, 6.07) is 0. The predicted molar refractivity (Wildman–Crippen MR) is 72.9 cm³/mol. The molecule has 0 spiro atoms. The van der Waals surface area contributed by atoms with Crippen molar-refractivity contribution in [2.75, 3.05) is 38.1 Å². The van der Waals surface area contributed by atoms with E-state index >= 15 is 0 Å². The smallest absolute Gasteiger partial charge is 0.185 e. The number of hydrogen-bond donors (Lipinski definition) is 0. The molecule has 2 aliphatic heterocycles. The standard InChI is InChI=1S/C13H21N3S/c1-9(2)12-4-14-13(17-12)16-7-10-5-15(3)6-11(10)8-16/h4,9-11H,5-8H2,1-3H3/t10-,11+. The minimum Gasteiger partial charge on any atom is -0.347 e. The quantitative estimate of drug-likeness (QED) is 0.804. The van der Waals surface area contributed by atoms with Gasteiger partial charge in [-0.2, -0.15) is 0 Å². The molecule has 0 aliphatic carbocycles. The summed E-state index contributed by atoms with van der Waals surface area (Å²) in [5.74, 6) is 2.34. The zero-order chi connectivity index (χ0) is 12.0. The zero-order valence-electron chi connectivity index (χ0n) is 10.9. The molecular formula is C13H21N3S. The van der Waals surface area contributed by atoms with Crippen molar-refractivity contribution in [3.05, 3.63) is 11.1 Å². The molecule has 1 aromatic rings. The van der Waals surface area contributed by atoms with E-state index in [1.807, 2.05) is 11.3 Å². The molecule has 2 atom stereocenters. The van der Waals surface area contributed by atoms with Gasteiger partial charge in [0, 0.05) is 37.3 Å². The Balaban J connectivity index is 1.70. The van der Waals surface area contributed by atoms with E-state index in [2.05, 4.69) is 41.9 Å². The predicted octanol–water partition coefficient (Wildman–Crippen LogP) is 2.26. The number of hydrogen-bond acceptors (Lipinski definition) is 4. The highest BCUT2D eigenvalue weighted by Crippen LogP contribution is 2.36. The summed E-state index contributed by atoms with van der Waals surface area (Å²) in [6.45, 7) is 9.43. The molecule has 3 rings (SSSR count). The average Bonchev–Trinajstić information content (AvgIpc) is 2.87. The van der Waals surface area contributed by atoms with E-state index < -0.39 is 0 Å². The maximum atomic E-state index is 4.60. The van der Waals surface area contributed by atoms with Gasteiger partial charge < -0.3 is 9.80 Å². The van der Waals surface area contributed by atoms with E-state index in [1.54, 1.807) is 0 Å². The normalized spacial score (nSPS) is 29.3. The molecule has 2 fully saturated rings. The first-order valence-electron chi connectivity index (χ1n) is 6.52. The fraction of sp³-hybridized carbons (Fsp3) is 0.769. The average molecular weight is 251 g/mol. The summed E-state index contributed by atoms with van der Waals surface area (Å²) in [5.41, 5.74) is 0. The van der Waals surface area contributed by atoms with Gasteiger partial charge >= 0.3 is 0 Å². The highest BCUT2D eigenvalue weighted by atomic mass is 32.1. The van der Waals surface area contributed by atoms with Gasteiger partial charge in [-0.3, -0.25) is 0 Å². The number of likely N-dealkylation sites (tertiary alicyclic amines) is 1. The molecule has 94 valence electrons. The third-order valence-corrected chi connectivity index (χ3v) is 5.38. The number of nitrogens with zero attached hydrogens (tertiary/aromatic N) is 3. The maximum absolute atomic E-state index is 4.60. The summed E-state index contributed by atoms with van der Waals surface area (Å²) in [7, 11) is 2.24. The van der Waals surface area contributed by atoms with Crippen molar-refractivity contribution in [2.45, 2.75) is 19.8 Å². The lowest BCUT2D eigenvalue weighted by Gasteiger charge is -2.18. The first-order chi connectivity index (χ1) is 8.13. The van der Waals surface area contributed by atoms with E-state index in [0.29, 0.717) is 5.92 Å². The number of thiazole rings is 1. The molecule has 0 bridgehead atoms. The molecule has 1 aromatic heterocycles. The summed E-state index contributed by atoms with van der Waals surface area (Å²) in [6.07, 6.45) is 2.06. The highest BCUT2D eigenvalue weighted by molar-refractivity contribution is 7.15. The van der Waals surface area contributed by atoms with Crippen LogP contribution in [0, 0.1) is 11.8 Å². The molecule has 3 nitrogen and oxygen atoms in total. The molecule has 0 saturated carbocycles. The molecule has 4 heteroatoms. The molecule has 0 N–H and O–H groups in total. The molecule has 17 heavy (non-hydrogen) atoms.